The lowest BCUT2D eigenvalue weighted by atomic mass is 10.1. The van der Waals surface area contributed by atoms with Crippen LogP contribution in [0.1, 0.15) is 13.8 Å². The van der Waals surface area contributed by atoms with E-state index in [1.165, 1.54) is 11.8 Å². The molecule has 15 heavy (non-hydrogen) atoms. The Kier molecular flexibility index (Phi) is 4.03. The normalized spacial score (nSPS) is 12.7. The Bertz CT molecular complexity index is 349. The van der Waals surface area contributed by atoms with Gasteiger partial charge in [0.15, 0.2) is 0 Å². The van der Waals surface area contributed by atoms with Crippen molar-refractivity contribution < 1.29 is 15.0 Å². The molecular weight excluding hydrogens is 212 g/mol. The predicted molar refractivity (Wildman–Crippen MR) is 60.2 cm³/mol. The van der Waals surface area contributed by atoms with Crippen LogP contribution in [0.5, 0.6) is 5.75 Å². The molecule has 1 atom stereocenters. The Morgan fingerprint density at radius 1 is 1.40 bits per heavy atom. The molecule has 0 heterocycles. The Balaban J connectivity index is 2.79. The molecule has 0 amide bonds. The third-order valence-corrected chi connectivity index (χ3v) is 3.46. The zero-order chi connectivity index (χ0) is 11.4. The fraction of sp³-hybridized carbons (Fsp3) is 0.364. The summed E-state index contributed by atoms with van der Waals surface area (Å²) in [6, 6.07) is 6.64. The number of phenols is 1. The first-order valence-electron chi connectivity index (χ1n) is 4.69. The zero-order valence-electron chi connectivity index (χ0n) is 8.68. The van der Waals surface area contributed by atoms with E-state index >= 15 is 0 Å². The number of benzene rings is 1. The lowest BCUT2D eigenvalue weighted by Gasteiger charge is -2.15. The highest BCUT2D eigenvalue weighted by atomic mass is 32.2. The molecule has 4 heteroatoms. The maximum atomic E-state index is 10.9. The SMILES string of the molecule is CC(C)C(Sc1cccc(O)c1)C(=O)O. The molecule has 0 saturated carbocycles. The summed E-state index contributed by atoms with van der Waals surface area (Å²) >= 11 is 1.26. The second kappa shape index (κ2) is 5.07. The van der Waals surface area contributed by atoms with Crippen molar-refractivity contribution in [3.8, 4) is 5.75 Å². The van der Waals surface area contributed by atoms with Gasteiger partial charge in [-0.1, -0.05) is 19.9 Å². The first-order chi connectivity index (χ1) is 7.00. The number of rotatable bonds is 4. The van der Waals surface area contributed by atoms with Crippen LogP contribution < -0.4 is 0 Å². The van der Waals surface area contributed by atoms with Gasteiger partial charge in [-0.25, -0.2) is 0 Å². The van der Waals surface area contributed by atoms with Crippen LogP contribution >= 0.6 is 11.8 Å². The summed E-state index contributed by atoms with van der Waals surface area (Å²) in [6.07, 6.45) is 0. The number of hydrogen-bond donors (Lipinski definition) is 2. The first kappa shape index (κ1) is 11.9. The molecule has 1 rings (SSSR count). The van der Waals surface area contributed by atoms with Gasteiger partial charge in [0.25, 0.3) is 0 Å². The van der Waals surface area contributed by atoms with Crippen molar-refractivity contribution in [2.24, 2.45) is 5.92 Å². The molecule has 0 aliphatic carbocycles. The minimum Gasteiger partial charge on any atom is -0.508 e. The largest absolute Gasteiger partial charge is 0.508 e. The second-order valence-corrected chi connectivity index (χ2v) is 4.83. The molecular formula is C11H14O3S. The third-order valence-electron chi connectivity index (χ3n) is 1.93. The van der Waals surface area contributed by atoms with E-state index in [1.54, 1.807) is 24.3 Å². The molecule has 0 saturated heterocycles. The molecule has 1 unspecified atom stereocenters. The third kappa shape index (κ3) is 3.47. The Hall–Kier alpha value is -1.16. The molecule has 1 aromatic rings. The van der Waals surface area contributed by atoms with Crippen LogP contribution in [0.15, 0.2) is 29.2 Å². The van der Waals surface area contributed by atoms with Gasteiger partial charge in [-0.3, -0.25) is 4.79 Å². The van der Waals surface area contributed by atoms with Gasteiger partial charge in [-0.05, 0) is 24.1 Å². The van der Waals surface area contributed by atoms with Crippen molar-refractivity contribution in [1.82, 2.24) is 0 Å². The molecule has 0 aromatic heterocycles. The summed E-state index contributed by atoms with van der Waals surface area (Å²) in [4.78, 5) is 11.7. The van der Waals surface area contributed by atoms with E-state index in [1.807, 2.05) is 13.8 Å². The molecule has 82 valence electrons. The molecule has 0 aliphatic rings. The maximum Gasteiger partial charge on any atom is 0.317 e. The minimum atomic E-state index is -0.821. The highest BCUT2D eigenvalue weighted by molar-refractivity contribution is 8.00. The van der Waals surface area contributed by atoms with Crippen molar-refractivity contribution in [3.05, 3.63) is 24.3 Å². The van der Waals surface area contributed by atoms with E-state index < -0.39 is 11.2 Å². The molecule has 2 N–H and O–H groups in total. The highest BCUT2D eigenvalue weighted by Crippen LogP contribution is 2.30. The molecule has 3 nitrogen and oxygen atoms in total. The topological polar surface area (TPSA) is 57.5 Å². The average Bonchev–Trinajstić information content (AvgIpc) is 2.13. The first-order valence-corrected chi connectivity index (χ1v) is 5.57. The maximum absolute atomic E-state index is 10.9. The van der Waals surface area contributed by atoms with Crippen LogP contribution in [-0.2, 0) is 4.79 Å². The number of carboxylic acid groups (broad SMARTS) is 1. The number of phenolic OH excluding ortho intramolecular Hbond substituents is 1. The summed E-state index contributed by atoms with van der Waals surface area (Å²) in [5.41, 5.74) is 0. The van der Waals surface area contributed by atoms with Crippen LogP contribution in [-0.4, -0.2) is 21.4 Å². The smallest absolute Gasteiger partial charge is 0.317 e. The van der Waals surface area contributed by atoms with E-state index in [0.717, 1.165) is 4.90 Å². The molecule has 0 spiro atoms. The average molecular weight is 226 g/mol. The number of aromatic hydroxyl groups is 1. The van der Waals surface area contributed by atoms with Gasteiger partial charge in [0.05, 0.1) is 0 Å². The zero-order valence-corrected chi connectivity index (χ0v) is 9.49. The fourth-order valence-electron chi connectivity index (χ4n) is 1.18. The summed E-state index contributed by atoms with van der Waals surface area (Å²) < 4.78 is 0. The summed E-state index contributed by atoms with van der Waals surface area (Å²) in [5, 5.41) is 17.8. The van der Waals surface area contributed by atoms with Gasteiger partial charge in [-0.15, -0.1) is 11.8 Å². The number of carboxylic acids is 1. The molecule has 0 fully saturated rings. The summed E-state index contributed by atoms with van der Waals surface area (Å²) in [6.45, 7) is 3.74. The van der Waals surface area contributed by atoms with Crippen LogP contribution in [0.2, 0.25) is 0 Å². The van der Waals surface area contributed by atoms with E-state index in [4.69, 9.17) is 5.11 Å². The number of thioether (sulfide) groups is 1. The Morgan fingerprint density at radius 3 is 2.53 bits per heavy atom. The number of carbonyl (C=O) groups is 1. The lowest BCUT2D eigenvalue weighted by Crippen LogP contribution is -2.22. The van der Waals surface area contributed by atoms with Crippen LogP contribution in [0, 0.1) is 5.92 Å². The minimum absolute atomic E-state index is 0.0508. The standard InChI is InChI=1S/C11H14O3S/c1-7(2)10(11(13)14)15-9-5-3-4-8(12)6-9/h3-7,10,12H,1-2H3,(H,13,14). The molecule has 0 aliphatic heterocycles. The van der Waals surface area contributed by atoms with Crippen molar-refractivity contribution in [2.45, 2.75) is 24.0 Å². The van der Waals surface area contributed by atoms with Crippen molar-refractivity contribution in [2.75, 3.05) is 0 Å². The van der Waals surface area contributed by atoms with Gasteiger partial charge < -0.3 is 10.2 Å². The quantitative estimate of drug-likeness (QED) is 0.775. The Morgan fingerprint density at radius 2 is 2.07 bits per heavy atom. The van der Waals surface area contributed by atoms with E-state index in [-0.39, 0.29) is 11.7 Å². The summed E-state index contributed by atoms with van der Waals surface area (Å²) in [7, 11) is 0. The number of hydrogen-bond acceptors (Lipinski definition) is 3. The monoisotopic (exact) mass is 226 g/mol. The van der Waals surface area contributed by atoms with Crippen molar-refractivity contribution in [3.63, 3.8) is 0 Å². The van der Waals surface area contributed by atoms with Crippen LogP contribution in [0.3, 0.4) is 0 Å². The number of aliphatic carboxylic acids is 1. The predicted octanol–water partition coefficient (Wildman–Crippen LogP) is 2.59. The van der Waals surface area contributed by atoms with Gasteiger partial charge in [0.2, 0.25) is 0 Å². The van der Waals surface area contributed by atoms with Crippen molar-refractivity contribution in [1.29, 1.82) is 0 Å². The molecule has 0 bridgehead atoms. The van der Waals surface area contributed by atoms with E-state index in [2.05, 4.69) is 0 Å². The van der Waals surface area contributed by atoms with Gasteiger partial charge in [0.1, 0.15) is 11.0 Å². The van der Waals surface area contributed by atoms with E-state index in [9.17, 15) is 9.90 Å². The summed E-state index contributed by atoms with van der Waals surface area (Å²) in [5.74, 6) is -0.610. The molecule has 0 radical (unpaired) electrons. The van der Waals surface area contributed by atoms with Crippen LogP contribution in [0.25, 0.3) is 0 Å². The van der Waals surface area contributed by atoms with E-state index in [0.29, 0.717) is 0 Å². The second-order valence-electron chi connectivity index (χ2n) is 3.62. The van der Waals surface area contributed by atoms with Crippen LogP contribution in [0.4, 0.5) is 0 Å². The van der Waals surface area contributed by atoms with Gasteiger partial charge in [0, 0.05) is 4.90 Å². The van der Waals surface area contributed by atoms with Gasteiger partial charge in [-0.2, -0.15) is 0 Å². The fourth-order valence-corrected chi connectivity index (χ4v) is 2.19. The highest BCUT2D eigenvalue weighted by Gasteiger charge is 2.22. The van der Waals surface area contributed by atoms with Gasteiger partial charge >= 0.3 is 5.97 Å². The lowest BCUT2D eigenvalue weighted by molar-refractivity contribution is -0.137. The van der Waals surface area contributed by atoms with Crippen molar-refractivity contribution >= 4 is 17.7 Å². The molecule has 1 aromatic carbocycles. The Labute approximate surface area is 93.1 Å².